The molecule has 1 heterocycles. The van der Waals surface area contributed by atoms with E-state index < -0.39 is 0 Å². The van der Waals surface area contributed by atoms with E-state index in [1.165, 1.54) is 9.75 Å². The number of thiophene rings is 1. The molecule has 0 aliphatic carbocycles. The summed E-state index contributed by atoms with van der Waals surface area (Å²) in [4.78, 5) is 2.73. The number of aryl methyl sites for hydroxylation is 1. The van der Waals surface area contributed by atoms with Crippen molar-refractivity contribution in [2.75, 3.05) is 13.2 Å². The average molecular weight is 340 g/mol. The van der Waals surface area contributed by atoms with Crippen LogP contribution in [-0.4, -0.2) is 13.2 Å². The zero-order chi connectivity index (χ0) is 13.7. The number of hydrogen-bond donors (Lipinski definition) is 1. The molecular formula is C15H18BrNOS. The molecule has 0 spiro atoms. The Balaban J connectivity index is 1.72. The summed E-state index contributed by atoms with van der Waals surface area (Å²) >= 11 is 5.28. The topological polar surface area (TPSA) is 21.3 Å². The van der Waals surface area contributed by atoms with Gasteiger partial charge in [0.15, 0.2) is 0 Å². The smallest absolute Gasteiger partial charge is 0.120 e. The Morgan fingerprint density at radius 1 is 1.32 bits per heavy atom. The summed E-state index contributed by atoms with van der Waals surface area (Å²) in [7, 11) is 0. The highest BCUT2D eigenvalue weighted by Crippen LogP contribution is 2.22. The molecule has 1 unspecified atom stereocenters. The fraction of sp³-hybridized carbons (Fsp3) is 0.333. The van der Waals surface area contributed by atoms with Gasteiger partial charge in [-0.3, -0.25) is 0 Å². The van der Waals surface area contributed by atoms with E-state index in [2.05, 4.69) is 47.2 Å². The van der Waals surface area contributed by atoms with Gasteiger partial charge in [-0.2, -0.15) is 0 Å². The van der Waals surface area contributed by atoms with E-state index in [-0.39, 0.29) is 0 Å². The van der Waals surface area contributed by atoms with E-state index in [4.69, 9.17) is 4.74 Å². The van der Waals surface area contributed by atoms with Crippen LogP contribution in [0.1, 0.15) is 22.7 Å². The highest BCUT2D eigenvalue weighted by molar-refractivity contribution is 9.10. The summed E-state index contributed by atoms with van der Waals surface area (Å²) in [6.45, 7) is 5.83. The number of ether oxygens (including phenoxy) is 1. The molecule has 0 aliphatic heterocycles. The van der Waals surface area contributed by atoms with Crippen LogP contribution < -0.4 is 10.1 Å². The predicted octanol–water partition coefficient (Wildman–Crippen LogP) is 4.55. The molecule has 1 N–H and O–H groups in total. The Morgan fingerprint density at radius 2 is 2.16 bits per heavy atom. The van der Waals surface area contributed by atoms with Crippen molar-refractivity contribution in [1.29, 1.82) is 0 Å². The van der Waals surface area contributed by atoms with E-state index in [0.29, 0.717) is 12.6 Å². The monoisotopic (exact) mass is 339 g/mol. The first-order chi connectivity index (χ1) is 9.15. The number of hydrogen-bond acceptors (Lipinski definition) is 3. The molecule has 0 aliphatic rings. The zero-order valence-corrected chi connectivity index (χ0v) is 13.6. The van der Waals surface area contributed by atoms with Crippen LogP contribution in [-0.2, 0) is 0 Å². The van der Waals surface area contributed by atoms with Gasteiger partial charge in [-0.25, -0.2) is 0 Å². The Kier molecular flexibility index (Phi) is 5.43. The van der Waals surface area contributed by atoms with Crippen LogP contribution in [0.25, 0.3) is 0 Å². The van der Waals surface area contributed by atoms with Crippen molar-refractivity contribution < 1.29 is 4.74 Å². The van der Waals surface area contributed by atoms with E-state index in [1.807, 2.05) is 35.6 Å². The van der Waals surface area contributed by atoms with E-state index in [1.54, 1.807) is 0 Å². The zero-order valence-electron chi connectivity index (χ0n) is 11.2. The van der Waals surface area contributed by atoms with Crippen molar-refractivity contribution in [3.8, 4) is 5.75 Å². The van der Waals surface area contributed by atoms with Crippen molar-refractivity contribution in [2.45, 2.75) is 19.9 Å². The number of nitrogens with one attached hydrogen (secondary N) is 1. The lowest BCUT2D eigenvalue weighted by Crippen LogP contribution is -2.23. The summed E-state index contributed by atoms with van der Waals surface area (Å²) in [5.41, 5.74) is 0. The maximum absolute atomic E-state index is 5.69. The third-order valence-electron chi connectivity index (χ3n) is 2.81. The Bertz CT molecular complexity index is 526. The fourth-order valence-electron chi connectivity index (χ4n) is 1.79. The van der Waals surface area contributed by atoms with Crippen LogP contribution in [0, 0.1) is 6.92 Å². The highest BCUT2D eigenvalue weighted by Gasteiger charge is 2.06. The Morgan fingerprint density at radius 3 is 2.84 bits per heavy atom. The molecule has 2 aromatic rings. The van der Waals surface area contributed by atoms with Crippen LogP contribution in [0.2, 0.25) is 0 Å². The van der Waals surface area contributed by atoms with Gasteiger partial charge < -0.3 is 10.1 Å². The number of benzene rings is 1. The minimum Gasteiger partial charge on any atom is -0.492 e. The van der Waals surface area contributed by atoms with Crippen LogP contribution in [0.3, 0.4) is 0 Å². The Labute approximate surface area is 126 Å². The second-order valence-corrected chi connectivity index (χ2v) is 6.67. The molecule has 2 rings (SSSR count). The van der Waals surface area contributed by atoms with Crippen molar-refractivity contribution in [1.82, 2.24) is 5.32 Å². The molecule has 0 saturated carbocycles. The number of halogens is 1. The third-order valence-corrected chi connectivity index (χ3v) is 4.48. The van der Waals surface area contributed by atoms with Crippen LogP contribution >= 0.6 is 27.3 Å². The summed E-state index contributed by atoms with van der Waals surface area (Å²) < 4.78 is 6.73. The van der Waals surface area contributed by atoms with Gasteiger partial charge >= 0.3 is 0 Å². The van der Waals surface area contributed by atoms with Gasteiger partial charge in [0.25, 0.3) is 0 Å². The van der Waals surface area contributed by atoms with Gasteiger partial charge in [-0.15, -0.1) is 11.3 Å². The minimum absolute atomic E-state index is 0.379. The minimum atomic E-state index is 0.379. The fourth-order valence-corrected chi connectivity index (χ4v) is 3.07. The molecule has 2 nitrogen and oxygen atoms in total. The molecule has 1 atom stereocenters. The second kappa shape index (κ2) is 7.08. The van der Waals surface area contributed by atoms with Crippen molar-refractivity contribution in [3.05, 3.63) is 50.6 Å². The molecule has 0 fully saturated rings. The van der Waals surface area contributed by atoms with Gasteiger partial charge in [0.2, 0.25) is 0 Å². The standard InChI is InChI=1S/C15H18BrNOS/c1-11-6-7-15(19-11)12(2)17-8-9-18-14-5-3-4-13(16)10-14/h3-7,10,12,17H,8-9H2,1-2H3. The summed E-state index contributed by atoms with van der Waals surface area (Å²) in [5, 5.41) is 3.47. The second-order valence-electron chi connectivity index (χ2n) is 4.43. The average Bonchev–Trinajstić information content (AvgIpc) is 2.81. The quantitative estimate of drug-likeness (QED) is 0.779. The SMILES string of the molecule is Cc1ccc(C(C)NCCOc2cccc(Br)c2)s1. The van der Waals surface area contributed by atoms with Crippen LogP contribution in [0.4, 0.5) is 0 Å². The molecule has 1 aromatic carbocycles. The molecular weight excluding hydrogens is 322 g/mol. The van der Waals surface area contributed by atoms with Crippen molar-refractivity contribution in [2.24, 2.45) is 0 Å². The van der Waals surface area contributed by atoms with Gasteiger partial charge in [0.05, 0.1) is 0 Å². The van der Waals surface area contributed by atoms with Crippen LogP contribution in [0.15, 0.2) is 40.9 Å². The van der Waals surface area contributed by atoms with Crippen molar-refractivity contribution >= 4 is 27.3 Å². The lowest BCUT2D eigenvalue weighted by molar-refractivity contribution is 0.308. The maximum atomic E-state index is 5.69. The van der Waals surface area contributed by atoms with Gasteiger partial charge in [0.1, 0.15) is 12.4 Å². The lowest BCUT2D eigenvalue weighted by Gasteiger charge is -2.12. The molecule has 102 valence electrons. The van der Waals surface area contributed by atoms with E-state index >= 15 is 0 Å². The van der Waals surface area contributed by atoms with E-state index in [0.717, 1.165) is 16.8 Å². The molecule has 0 amide bonds. The largest absolute Gasteiger partial charge is 0.492 e. The molecule has 19 heavy (non-hydrogen) atoms. The van der Waals surface area contributed by atoms with Gasteiger partial charge in [0, 0.05) is 26.8 Å². The lowest BCUT2D eigenvalue weighted by atomic mass is 10.3. The van der Waals surface area contributed by atoms with Gasteiger partial charge in [-0.05, 0) is 44.2 Å². The molecule has 0 bridgehead atoms. The highest BCUT2D eigenvalue weighted by atomic mass is 79.9. The predicted molar refractivity (Wildman–Crippen MR) is 85.1 cm³/mol. The summed E-state index contributed by atoms with van der Waals surface area (Å²) in [6, 6.07) is 12.6. The first kappa shape index (κ1) is 14.6. The molecule has 4 heteroatoms. The van der Waals surface area contributed by atoms with E-state index in [9.17, 15) is 0 Å². The molecule has 0 saturated heterocycles. The van der Waals surface area contributed by atoms with Crippen LogP contribution in [0.5, 0.6) is 5.75 Å². The Hall–Kier alpha value is -0.840. The van der Waals surface area contributed by atoms with Crippen molar-refractivity contribution in [3.63, 3.8) is 0 Å². The third kappa shape index (κ3) is 4.64. The normalized spacial score (nSPS) is 12.4. The molecule has 0 radical (unpaired) electrons. The summed E-state index contributed by atoms with van der Waals surface area (Å²) in [5.74, 6) is 0.899. The summed E-state index contributed by atoms with van der Waals surface area (Å²) in [6.07, 6.45) is 0. The molecule has 1 aromatic heterocycles. The first-order valence-corrected chi connectivity index (χ1v) is 7.94. The first-order valence-electron chi connectivity index (χ1n) is 6.33. The maximum Gasteiger partial charge on any atom is 0.120 e. The van der Waals surface area contributed by atoms with Gasteiger partial charge in [-0.1, -0.05) is 22.0 Å². The number of rotatable bonds is 6.